The van der Waals surface area contributed by atoms with E-state index in [1.165, 1.54) is 0 Å². The number of nitrogens with one attached hydrogen (secondary N) is 6. The molecule has 0 fully saturated rings. The molecule has 11 amide bonds. The molecule has 1 atom stereocenters. The second-order valence-electron chi connectivity index (χ2n) is 12.6. The number of alkyl carbamates (subject to hydrolysis) is 1. The lowest BCUT2D eigenvalue weighted by Crippen LogP contribution is -2.45. The standard InChI is InChI=1S/C33H48N8O11.C3H7NO2/c1-3-52-33(51)38-13-5-4-6-22(2)32(50)39-23(20-26(44)36-16-14-34-24(42)11-18-40-28(46)7-8-29(40)47)21-27(45)37-17-15-35-25(43)12-19-41-30(48)9-10-31(41)49;1-2-6-3(4)5/h7-10,22-23H,3-6,11-21H2,1-2H3,(H,34,42)(H,35,43)(H,36,44)(H,37,45)(H,38,51)(H,39,50);2H2,1H3,(H2,4,5). The summed E-state index contributed by atoms with van der Waals surface area (Å²) in [5, 5.41) is 15.7. The third-order valence-electron chi connectivity index (χ3n) is 8.02. The molecular weight excluding hydrogens is 766 g/mol. The molecular formula is C36H55N9O13. The third-order valence-corrected chi connectivity index (χ3v) is 8.02. The number of amides is 11. The Morgan fingerprint density at radius 2 is 1.02 bits per heavy atom. The van der Waals surface area contributed by atoms with Crippen LogP contribution < -0.4 is 37.6 Å². The molecule has 2 aliphatic heterocycles. The average Bonchev–Trinajstić information content (AvgIpc) is 3.66. The quantitative estimate of drug-likeness (QED) is 0.0388. The fraction of sp³-hybridized carbons (Fsp3) is 0.583. The molecule has 0 spiro atoms. The van der Waals surface area contributed by atoms with Gasteiger partial charge in [-0.15, -0.1) is 0 Å². The maximum atomic E-state index is 13.0. The highest BCUT2D eigenvalue weighted by Crippen LogP contribution is 2.10. The van der Waals surface area contributed by atoms with Crippen molar-refractivity contribution < 1.29 is 62.2 Å². The van der Waals surface area contributed by atoms with Crippen LogP contribution in [-0.4, -0.2) is 140 Å². The second kappa shape index (κ2) is 28.1. The van der Waals surface area contributed by atoms with Crippen LogP contribution in [-0.2, 0) is 52.6 Å². The molecule has 22 heteroatoms. The molecule has 58 heavy (non-hydrogen) atoms. The van der Waals surface area contributed by atoms with E-state index in [1.807, 2.05) is 0 Å². The van der Waals surface area contributed by atoms with Gasteiger partial charge in [0.05, 0.1) is 13.2 Å². The molecule has 1 unspecified atom stereocenters. The van der Waals surface area contributed by atoms with Crippen LogP contribution in [0.1, 0.15) is 65.7 Å². The fourth-order valence-electron chi connectivity index (χ4n) is 5.05. The number of unbranched alkanes of at least 4 members (excludes halogenated alkanes) is 1. The summed E-state index contributed by atoms with van der Waals surface area (Å²) in [5.41, 5.74) is 4.54. The van der Waals surface area contributed by atoms with E-state index in [0.29, 0.717) is 32.4 Å². The minimum Gasteiger partial charge on any atom is -0.450 e. The number of imide groups is 2. The smallest absolute Gasteiger partial charge is 0.407 e. The van der Waals surface area contributed by atoms with Crippen LogP contribution in [0.3, 0.4) is 0 Å². The van der Waals surface area contributed by atoms with Crippen LogP contribution in [0.5, 0.6) is 0 Å². The van der Waals surface area contributed by atoms with Gasteiger partial charge in [0.1, 0.15) is 0 Å². The minimum absolute atomic E-state index is 0.0348. The van der Waals surface area contributed by atoms with Gasteiger partial charge in [0.15, 0.2) is 0 Å². The number of rotatable bonds is 25. The van der Waals surface area contributed by atoms with Crippen molar-refractivity contribution >= 4 is 65.4 Å². The highest BCUT2D eigenvalue weighted by atomic mass is 16.5. The number of primary amides is 1. The molecule has 22 nitrogen and oxygen atoms in total. The van der Waals surface area contributed by atoms with E-state index in [9.17, 15) is 52.7 Å². The van der Waals surface area contributed by atoms with Gasteiger partial charge in [-0.2, -0.15) is 0 Å². The average molecular weight is 822 g/mol. The highest BCUT2D eigenvalue weighted by molar-refractivity contribution is 6.13. The fourth-order valence-corrected chi connectivity index (χ4v) is 5.05. The molecule has 0 saturated heterocycles. The second-order valence-corrected chi connectivity index (χ2v) is 12.6. The first-order valence-corrected chi connectivity index (χ1v) is 18.8. The monoisotopic (exact) mass is 821 g/mol. The zero-order valence-corrected chi connectivity index (χ0v) is 33.1. The Morgan fingerprint density at radius 3 is 1.40 bits per heavy atom. The summed E-state index contributed by atoms with van der Waals surface area (Å²) in [5.74, 6) is -4.68. The van der Waals surface area contributed by atoms with Crippen LogP contribution >= 0.6 is 0 Å². The Kier molecular flexibility index (Phi) is 24.1. The summed E-state index contributed by atoms with van der Waals surface area (Å²) in [6.07, 6.45) is 4.23. The van der Waals surface area contributed by atoms with Gasteiger partial charge >= 0.3 is 12.2 Å². The number of nitrogens with two attached hydrogens (primary N) is 1. The van der Waals surface area contributed by atoms with Crippen molar-refractivity contribution in [3.8, 4) is 0 Å². The topological polar surface area (TPSA) is 311 Å². The van der Waals surface area contributed by atoms with Gasteiger partial charge < -0.3 is 47.1 Å². The van der Waals surface area contributed by atoms with Crippen LogP contribution in [0, 0.1) is 5.92 Å². The molecule has 2 rings (SSSR count). The summed E-state index contributed by atoms with van der Waals surface area (Å²) in [6, 6.07) is -0.891. The molecule has 2 aliphatic rings. The molecule has 0 saturated carbocycles. The number of carbonyl (C=O) groups is 11. The Bertz CT molecular complexity index is 1430. The molecule has 0 aromatic carbocycles. The number of hydrogen-bond donors (Lipinski definition) is 7. The van der Waals surface area contributed by atoms with Crippen molar-refractivity contribution in [2.75, 3.05) is 59.0 Å². The first-order valence-electron chi connectivity index (χ1n) is 18.8. The molecule has 8 N–H and O–H groups in total. The van der Waals surface area contributed by atoms with Gasteiger partial charge in [0, 0.05) is 108 Å². The number of hydrogen-bond acceptors (Lipinski definition) is 13. The predicted octanol–water partition coefficient (Wildman–Crippen LogP) is -2.00. The van der Waals surface area contributed by atoms with Gasteiger partial charge in [-0.05, 0) is 26.7 Å². The van der Waals surface area contributed by atoms with Crippen molar-refractivity contribution in [3.63, 3.8) is 0 Å². The van der Waals surface area contributed by atoms with E-state index >= 15 is 0 Å². The highest BCUT2D eigenvalue weighted by Gasteiger charge is 2.25. The minimum atomic E-state index is -0.891. The third kappa shape index (κ3) is 21.7. The molecule has 0 aromatic rings. The van der Waals surface area contributed by atoms with E-state index in [1.54, 1.807) is 20.8 Å². The van der Waals surface area contributed by atoms with Crippen LogP contribution in [0.4, 0.5) is 9.59 Å². The van der Waals surface area contributed by atoms with Gasteiger partial charge in [-0.1, -0.05) is 13.3 Å². The van der Waals surface area contributed by atoms with Gasteiger partial charge in [0.2, 0.25) is 29.5 Å². The maximum absolute atomic E-state index is 13.0. The van der Waals surface area contributed by atoms with Crippen molar-refractivity contribution in [1.29, 1.82) is 0 Å². The van der Waals surface area contributed by atoms with E-state index in [0.717, 1.165) is 34.1 Å². The molecule has 0 aromatic heterocycles. The van der Waals surface area contributed by atoms with E-state index in [2.05, 4.69) is 42.4 Å². The summed E-state index contributed by atoms with van der Waals surface area (Å²) in [7, 11) is 0. The molecule has 0 aliphatic carbocycles. The molecule has 322 valence electrons. The van der Waals surface area contributed by atoms with Gasteiger partial charge in [0.25, 0.3) is 23.6 Å². The largest absolute Gasteiger partial charge is 0.450 e. The van der Waals surface area contributed by atoms with Crippen molar-refractivity contribution in [2.45, 2.75) is 71.8 Å². The lowest BCUT2D eigenvalue weighted by atomic mass is 10.0. The summed E-state index contributed by atoms with van der Waals surface area (Å²) in [4.78, 5) is 132. The molecule has 0 radical (unpaired) electrons. The van der Waals surface area contributed by atoms with Crippen molar-refractivity contribution in [1.82, 2.24) is 41.7 Å². The first kappa shape index (κ1) is 49.7. The normalized spacial score (nSPS) is 13.4. The van der Waals surface area contributed by atoms with Crippen LogP contribution in [0.15, 0.2) is 24.3 Å². The zero-order chi connectivity index (χ0) is 43.5. The summed E-state index contributed by atoms with van der Waals surface area (Å²) in [6.45, 7) is 6.10. The summed E-state index contributed by atoms with van der Waals surface area (Å²) < 4.78 is 8.98. The first-order chi connectivity index (χ1) is 27.6. The maximum Gasteiger partial charge on any atom is 0.407 e. The van der Waals surface area contributed by atoms with E-state index in [-0.39, 0.29) is 77.5 Å². The van der Waals surface area contributed by atoms with Crippen LogP contribution in [0.2, 0.25) is 0 Å². The Hall–Kier alpha value is -6.35. The van der Waals surface area contributed by atoms with Gasteiger partial charge in [-0.3, -0.25) is 53.0 Å². The Morgan fingerprint density at radius 1 is 0.603 bits per heavy atom. The molecule has 0 bridgehead atoms. The summed E-state index contributed by atoms with van der Waals surface area (Å²) >= 11 is 0. The van der Waals surface area contributed by atoms with Crippen molar-refractivity contribution in [3.05, 3.63) is 24.3 Å². The number of nitrogens with zero attached hydrogens (tertiary/aromatic N) is 2. The van der Waals surface area contributed by atoms with Crippen molar-refractivity contribution in [2.24, 2.45) is 11.7 Å². The van der Waals surface area contributed by atoms with E-state index in [4.69, 9.17) is 4.74 Å². The Labute approximate surface area is 335 Å². The Balaban J connectivity index is 0.00000259. The lowest BCUT2D eigenvalue weighted by molar-refractivity contribution is -0.139. The van der Waals surface area contributed by atoms with Crippen LogP contribution in [0.25, 0.3) is 0 Å². The molecule has 2 heterocycles. The van der Waals surface area contributed by atoms with E-state index < -0.39 is 71.4 Å². The lowest BCUT2D eigenvalue weighted by Gasteiger charge is -2.21. The number of carbonyl (C=O) groups excluding carboxylic acids is 11. The zero-order valence-electron chi connectivity index (χ0n) is 33.1. The SMILES string of the molecule is CCOC(=O)NCCCCC(C)C(=O)NC(CC(=O)NCCNC(=O)CCN1C(=O)C=CC1=O)CC(=O)NCCNC(=O)CCN1C(=O)C=CC1=O.CCOC(N)=O. The van der Waals surface area contributed by atoms with Gasteiger partial charge in [-0.25, -0.2) is 9.59 Å². The number of ether oxygens (including phenoxy) is 2. The predicted molar refractivity (Wildman–Crippen MR) is 203 cm³/mol.